The standard InChI is InChI=1S/C7H5ClO.C6H7N.ClH/c8-7(9)6-4-2-1-3-5-6;1-6-4-2-3-5-7-6;/h1-5H;2-5H,1H3;1H. The van der Waals surface area contributed by atoms with E-state index in [0.717, 1.165) is 5.69 Å². The highest BCUT2D eigenvalue weighted by atomic mass is 35.5. The molecule has 0 unspecified atom stereocenters. The smallest absolute Gasteiger partial charge is 0.252 e. The van der Waals surface area contributed by atoms with Gasteiger partial charge in [-0.15, -0.1) is 12.4 Å². The van der Waals surface area contributed by atoms with E-state index >= 15 is 0 Å². The average Bonchev–Trinajstić information content (AvgIpc) is 2.32. The summed E-state index contributed by atoms with van der Waals surface area (Å²) in [7, 11) is 0. The van der Waals surface area contributed by atoms with Crippen LogP contribution in [0.5, 0.6) is 0 Å². The summed E-state index contributed by atoms with van der Waals surface area (Å²) in [6.45, 7) is 1.97. The van der Waals surface area contributed by atoms with Crippen molar-refractivity contribution in [2.75, 3.05) is 0 Å². The van der Waals surface area contributed by atoms with Crippen LogP contribution in [0.25, 0.3) is 0 Å². The van der Waals surface area contributed by atoms with Crippen LogP contribution in [0, 0.1) is 6.92 Å². The van der Waals surface area contributed by atoms with E-state index in [1.807, 2.05) is 31.2 Å². The molecule has 1 aromatic carbocycles. The molecular formula is C13H13Cl2NO. The zero-order chi connectivity index (χ0) is 11.8. The number of carbonyl (C=O) groups is 1. The van der Waals surface area contributed by atoms with Crippen LogP contribution in [0.4, 0.5) is 0 Å². The summed E-state index contributed by atoms with van der Waals surface area (Å²) in [5, 5.41) is -0.407. The van der Waals surface area contributed by atoms with Gasteiger partial charge < -0.3 is 0 Å². The zero-order valence-corrected chi connectivity index (χ0v) is 10.9. The lowest BCUT2D eigenvalue weighted by molar-refractivity contribution is 0.108. The summed E-state index contributed by atoms with van der Waals surface area (Å²) in [4.78, 5) is 14.4. The molecule has 0 saturated heterocycles. The van der Waals surface area contributed by atoms with Gasteiger partial charge >= 0.3 is 0 Å². The van der Waals surface area contributed by atoms with Crippen LogP contribution in [-0.4, -0.2) is 10.2 Å². The Hall–Kier alpha value is -1.38. The first-order valence-corrected chi connectivity index (χ1v) is 5.20. The fraction of sp³-hybridized carbons (Fsp3) is 0.0769. The molecule has 2 aromatic rings. The molecule has 0 spiro atoms. The van der Waals surface area contributed by atoms with Crippen LogP contribution in [-0.2, 0) is 0 Å². The number of benzene rings is 1. The van der Waals surface area contributed by atoms with Gasteiger partial charge in [-0.1, -0.05) is 36.4 Å². The lowest BCUT2D eigenvalue weighted by Gasteiger charge is -1.87. The normalized spacial score (nSPS) is 8.35. The fourth-order valence-electron chi connectivity index (χ4n) is 1.02. The lowest BCUT2D eigenvalue weighted by Crippen LogP contribution is -1.84. The van der Waals surface area contributed by atoms with Crippen molar-refractivity contribution in [3.05, 3.63) is 66.0 Å². The number of hydrogen-bond acceptors (Lipinski definition) is 2. The number of halogens is 2. The van der Waals surface area contributed by atoms with Gasteiger partial charge in [0, 0.05) is 17.5 Å². The third-order valence-electron chi connectivity index (χ3n) is 1.81. The van der Waals surface area contributed by atoms with Crippen molar-refractivity contribution >= 4 is 29.3 Å². The maximum absolute atomic E-state index is 10.4. The van der Waals surface area contributed by atoms with Crippen molar-refractivity contribution in [1.82, 2.24) is 4.98 Å². The summed E-state index contributed by atoms with van der Waals surface area (Å²) in [6, 6.07) is 14.6. The third kappa shape index (κ3) is 6.72. The highest BCUT2D eigenvalue weighted by molar-refractivity contribution is 6.67. The number of hydrogen-bond donors (Lipinski definition) is 0. The van der Waals surface area contributed by atoms with Gasteiger partial charge in [-0.05, 0) is 30.7 Å². The molecule has 0 amide bonds. The molecule has 4 heteroatoms. The molecule has 0 aliphatic rings. The van der Waals surface area contributed by atoms with Gasteiger partial charge in [0.2, 0.25) is 0 Å². The molecule has 1 aromatic heterocycles. The van der Waals surface area contributed by atoms with Crippen molar-refractivity contribution in [2.24, 2.45) is 0 Å². The molecule has 0 saturated carbocycles. The van der Waals surface area contributed by atoms with Gasteiger partial charge in [-0.3, -0.25) is 9.78 Å². The van der Waals surface area contributed by atoms with Crippen LogP contribution in [0.15, 0.2) is 54.7 Å². The summed E-state index contributed by atoms with van der Waals surface area (Å²) < 4.78 is 0. The minimum atomic E-state index is -0.407. The molecule has 0 aliphatic carbocycles. The van der Waals surface area contributed by atoms with Crippen LogP contribution in [0.3, 0.4) is 0 Å². The molecule has 0 atom stereocenters. The van der Waals surface area contributed by atoms with E-state index in [4.69, 9.17) is 11.6 Å². The highest BCUT2D eigenvalue weighted by Crippen LogP contribution is 2.01. The van der Waals surface area contributed by atoms with E-state index in [9.17, 15) is 4.79 Å². The molecule has 90 valence electrons. The van der Waals surface area contributed by atoms with Crippen LogP contribution < -0.4 is 0 Å². The van der Waals surface area contributed by atoms with Gasteiger partial charge in [-0.25, -0.2) is 0 Å². The van der Waals surface area contributed by atoms with Gasteiger partial charge in [0.05, 0.1) is 0 Å². The first-order valence-electron chi connectivity index (χ1n) is 4.82. The number of rotatable bonds is 1. The monoisotopic (exact) mass is 269 g/mol. The maximum Gasteiger partial charge on any atom is 0.252 e. The number of nitrogens with zero attached hydrogens (tertiary/aromatic N) is 1. The molecule has 2 nitrogen and oxygen atoms in total. The molecular weight excluding hydrogens is 257 g/mol. The Kier molecular flexibility index (Phi) is 8.03. The minimum Gasteiger partial charge on any atom is -0.276 e. The predicted molar refractivity (Wildman–Crippen MR) is 72.8 cm³/mol. The Morgan fingerprint density at radius 3 is 1.94 bits per heavy atom. The molecule has 2 rings (SSSR count). The molecule has 0 bridgehead atoms. The van der Waals surface area contributed by atoms with E-state index < -0.39 is 5.24 Å². The number of aryl methyl sites for hydroxylation is 1. The van der Waals surface area contributed by atoms with E-state index in [1.54, 1.807) is 30.5 Å². The Labute approximate surface area is 112 Å². The quantitative estimate of drug-likeness (QED) is 0.736. The van der Waals surface area contributed by atoms with Gasteiger partial charge in [0.25, 0.3) is 5.24 Å². The molecule has 0 radical (unpaired) electrons. The number of aromatic nitrogens is 1. The highest BCUT2D eigenvalue weighted by Gasteiger charge is 1.95. The summed E-state index contributed by atoms with van der Waals surface area (Å²) >= 11 is 5.16. The van der Waals surface area contributed by atoms with Gasteiger partial charge in [0.15, 0.2) is 0 Å². The second-order valence-corrected chi connectivity index (χ2v) is 3.45. The van der Waals surface area contributed by atoms with E-state index in [0.29, 0.717) is 5.56 Å². The summed E-state index contributed by atoms with van der Waals surface area (Å²) in [6.07, 6.45) is 1.79. The molecule has 0 fully saturated rings. The SMILES string of the molecule is Cc1ccccn1.Cl.O=C(Cl)c1ccccc1. The van der Waals surface area contributed by atoms with Crippen LogP contribution in [0.2, 0.25) is 0 Å². The number of carbonyl (C=O) groups excluding carboxylic acids is 1. The van der Waals surface area contributed by atoms with Crippen molar-refractivity contribution in [3.8, 4) is 0 Å². The molecule has 0 aliphatic heterocycles. The Balaban J connectivity index is 0.000000292. The molecule has 17 heavy (non-hydrogen) atoms. The van der Waals surface area contributed by atoms with E-state index in [2.05, 4.69) is 4.98 Å². The lowest BCUT2D eigenvalue weighted by atomic mass is 10.2. The maximum atomic E-state index is 10.4. The van der Waals surface area contributed by atoms with Crippen molar-refractivity contribution in [2.45, 2.75) is 6.92 Å². The summed E-state index contributed by atoms with van der Waals surface area (Å²) in [5.41, 5.74) is 1.61. The molecule has 1 heterocycles. The first-order chi connectivity index (χ1) is 7.70. The van der Waals surface area contributed by atoms with Crippen molar-refractivity contribution < 1.29 is 4.79 Å². The van der Waals surface area contributed by atoms with E-state index in [-0.39, 0.29) is 12.4 Å². The second-order valence-electron chi connectivity index (χ2n) is 3.11. The third-order valence-corrected chi connectivity index (χ3v) is 2.03. The van der Waals surface area contributed by atoms with Gasteiger partial charge in [-0.2, -0.15) is 0 Å². The fourth-order valence-corrected chi connectivity index (χ4v) is 1.14. The zero-order valence-electron chi connectivity index (χ0n) is 9.34. The number of pyridine rings is 1. The Morgan fingerprint density at radius 2 is 1.65 bits per heavy atom. The van der Waals surface area contributed by atoms with Crippen LogP contribution in [0.1, 0.15) is 16.1 Å². The second kappa shape index (κ2) is 8.74. The van der Waals surface area contributed by atoms with E-state index in [1.165, 1.54) is 0 Å². The molecule has 0 N–H and O–H groups in total. The predicted octanol–water partition coefficient (Wildman–Crippen LogP) is 3.88. The van der Waals surface area contributed by atoms with Crippen LogP contribution >= 0.6 is 24.0 Å². The van der Waals surface area contributed by atoms with Crippen molar-refractivity contribution in [1.29, 1.82) is 0 Å². The topological polar surface area (TPSA) is 30.0 Å². The van der Waals surface area contributed by atoms with Crippen molar-refractivity contribution in [3.63, 3.8) is 0 Å². The largest absolute Gasteiger partial charge is 0.276 e. The average molecular weight is 270 g/mol. The van der Waals surface area contributed by atoms with Gasteiger partial charge in [0.1, 0.15) is 0 Å². The Bertz CT molecular complexity index is 432. The summed E-state index contributed by atoms with van der Waals surface area (Å²) in [5.74, 6) is 0. The minimum absolute atomic E-state index is 0. The Morgan fingerprint density at radius 1 is 1.06 bits per heavy atom. The first kappa shape index (κ1) is 15.6.